The van der Waals surface area contributed by atoms with Crippen molar-refractivity contribution >= 4 is 21.6 Å². The molecule has 0 saturated carbocycles. The van der Waals surface area contributed by atoms with Crippen molar-refractivity contribution in [2.45, 2.75) is 44.4 Å². The summed E-state index contributed by atoms with van der Waals surface area (Å²) in [6, 6.07) is 19.0. The standard InChI is InChI=1S/C25H27FN2O4S/c1-18(2)32-17-21-5-3-20(4-6-21)16-27-25(29)15-19-7-11-23(12-8-19)28-33(30,31)24-13-9-22(26)10-14-24/h3-14,18,28H,15-17H2,1-2H3,(H,27,29). The van der Waals surface area contributed by atoms with E-state index in [-0.39, 0.29) is 23.3 Å². The van der Waals surface area contributed by atoms with E-state index in [0.29, 0.717) is 18.8 Å². The normalized spacial score (nSPS) is 11.4. The van der Waals surface area contributed by atoms with Gasteiger partial charge < -0.3 is 10.1 Å². The zero-order chi connectivity index (χ0) is 23.8. The summed E-state index contributed by atoms with van der Waals surface area (Å²) in [6.45, 7) is 4.95. The largest absolute Gasteiger partial charge is 0.374 e. The third kappa shape index (κ3) is 7.69. The summed E-state index contributed by atoms with van der Waals surface area (Å²) in [5, 5.41) is 2.88. The number of rotatable bonds is 10. The van der Waals surface area contributed by atoms with Crippen molar-refractivity contribution < 1.29 is 22.3 Å². The van der Waals surface area contributed by atoms with Crippen molar-refractivity contribution in [2.75, 3.05) is 4.72 Å². The van der Waals surface area contributed by atoms with E-state index in [1.165, 1.54) is 12.1 Å². The summed E-state index contributed by atoms with van der Waals surface area (Å²) in [5.41, 5.74) is 3.17. The number of anilines is 1. The van der Waals surface area contributed by atoms with Gasteiger partial charge >= 0.3 is 0 Å². The fourth-order valence-corrected chi connectivity index (χ4v) is 4.04. The second kappa shape index (κ2) is 11.1. The van der Waals surface area contributed by atoms with Crippen LogP contribution in [0.5, 0.6) is 0 Å². The molecule has 0 fully saturated rings. The molecule has 0 aliphatic rings. The number of amides is 1. The quantitative estimate of drug-likeness (QED) is 0.460. The molecule has 2 N–H and O–H groups in total. The van der Waals surface area contributed by atoms with Gasteiger partial charge in [-0.25, -0.2) is 12.8 Å². The van der Waals surface area contributed by atoms with Crippen molar-refractivity contribution in [3.05, 3.63) is 95.3 Å². The summed E-state index contributed by atoms with van der Waals surface area (Å²) >= 11 is 0. The van der Waals surface area contributed by atoms with Crippen molar-refractivity contribution in [2.24, 2.45) is 0 Å². The van der Waals surface area contributed by atoms with E-state index in [0.717, 1.165) is 28.8 Å². The molecule has 0 bridgehead atoms. The van der Waals surface area contributed by atoms with E-state index in [4.69, 9.17) is 4.74 Å². The minimum absolute atomic E-state index is 0.0344. The van der Waals surface area contributed by atoms with E-state index in [1.54, 1.807) is 24.3 Å². The number of carbonyl (C=O) groups is 1. The second-order valence-corrected chi connectivity index (χ2v) is 9.57. The van der Waals surface area contributed by atoms with E-state index in [1.807, 2.05) is 38.1 Å². The highest BCUT2D eigenvalue weighted by molar-refractivity contribution is 7.92. The molecule has 0 radical (unpaired) electrons. The maximum atomic E-state index is 13.0. The maximum absolute atomic E-state index is 13.0. The molecule has 0 atom stereocenters. The number of hydrogen-bond acceptors (Lipinski definition) is 4. The van der Waals surface area contributed by atoms with Gasteiger partial charge in [-0.05, 0) is 66.9 Å². The van der Waals surface area contributed by atoms with Crippen LogP contribution < -0.4 is 10.0 Å². The number of benzene rings is 3. The highest BCUT2D eigenvalue weighted by Gasteiger charge is 2.14. The monoisotopic (exact) mass is 470 g/mol. The minimum atomic E-state index is -3.82. The van der Waals surface area contributed by atoms with Crippen LogP contribution in [0.25, 0.3) is 0 Å². The number of halogens is 1. The van der Waals surface area contributed by atoms with E-state index < -0.39 is 15.8 Å². The topological polar surface area (TPSA) is 84.5 Å². The van der Waals surface area contributed by atoms with Gasteiger partial charge in [-0.15, -0.1) is 0 Å². The molecule has 174 valence electrons. The number of sulfonamides is 1. The molecule has 6 nitrogen and oxygen atoms in total. The Bertz CT molecular complexity index is 1160. The molecule has 0 aliphatic carbocycles. The Hall–Kier alpha value is -3.23. The SMILES string of the molecule is CC(C)OCc1ccc(CNC(=O)Cc2ccc(NS(=O)(=O)c3ccc(F)cc3)cc2)cc1. The van der Waals surface area contributed by atoms with E-state index in [9.17, 15) is 17.6 Å². The first kappa shape index (κ1) is 24.4. The van der Waals surface area contributed by atoms with Gasteiger partial charge in [0.25, 0.3) is 10.0 Å². The van der Waals surface area contributed by atoms with Crippen LogP contribution in [0.3, 0.4) is 0 Å². The summed E-state index contributed by atoms with van der Waals surface area (Å²) in [6.07, 6.45) is 0.346. The predicted octanol–water partition coefficient (Wildman–Crippen LogP) is 4.41. The first-order valence-electron chi connectivity index (χ1n) is 10.5. The van der Waals surface area contributed by atoms with Gasteiger partial charge in [0.1, 0.15) is 5.82 Å². The molecular formula is C25H27FN2O4S. The van der Waals surface area contributed by atoms with Crippen LogP contribution in [0.15, 0.2) is 77.7 Å². The Morgan fingerprint density at radius 1 is 0.879 bits per heavy atom. The summed E-state index contributed by atoms with van der Waals surface area (Å²) in [7, 11) is -3.82. The van der Waals surface area contributed by atoms with Crippen LogP contribution in [-0.2, 0) is 39.1 Å². The number of nitrogens with one attached hydrogen (secondary N) is 2. The average Bonchev–Trinajstić information content (AvgIpc) is 2.78. The van der Waals surface area contributed by atoms with E-state index >= 15 is 0 Å². The molecule has 3 aromatic rings. The third-order valence-corrected chi connectivity index (χ3v) is 6.19. The van der Waals surface area contributed by atoms with E-state index in [2.05, 4.69) is 10.0 Å². The maximum Gasteiger partial charge on any atom is 0.261 e. The minimum Gasteiger partial charge on any atom is -0.374 e. The second-order valence-electron chi connectivity index (χ2n) is 7.89. The van der Waals surface area contributed by atoms with Crippen LogP contribution in [0.2, 0.25) is 0 Å². The Balaban J connectivity index is 1.49. The van der Waals surface area contributed by atoms with Gasteiger partial charge in [0.2, 0.25) is 5.91 Å². The van der Waals surface area contributed by atoms with Crippen LogP contribution in [0.1, 0.15) is 30.5 Å². The Kier molecular flexibility index (Phi) is 8.19. The molecular weight excluding hydrogens is 443 g/mol. The Morgan fingerprint density at radius 2 is 1.45 bits per heavy atom. The molecule has 33 heavy (non-hydrogen) atoms. The number of hydrogen-bond donors (Lipinski definition) is 2. The lowest BCUT2D eigenvalue weighted by Gasteiger charge is -2.10. The average molecular weight is 471 g/mol. The van der Waals surface area contributed by atoms with Crippen LogP contribution in [0.4, 0.5) is 10.1 Å². The van der Waals surface area contributed by atoms with Gasteiger partial charge in [0, 0.05) is 12.2 Å². The highest BCUT2D eigenvalue weighted by Crippen LogP contribution is 2.17. The van der Waals surface area contributed by atoms with Crippen molar-refractivity contribution in [1.29, 1.82) is 0 Å². The molecule has 0 heterocycles. The van der Waals surface area contributed by atoms with Crippen LogP contribution in [0, 0.1) is 5.82 Å². The first-order chi connectivity index (χ1) is 15.7. The van der Waals surface area contributed by atoms with Crippen molar-refractivity contribution in [3.8, 4) is 0 Å². The zero-order valence-corrected chi connectivity index (χ0v) is 19.4. The fraction of sp³-hybridized carbons (Fsp3) is 0.240. The molecule has 0 unspecified atom stereocenters. The summed E-state index contributed by atoms with van der Waals surface area (Å²) in [4.78, 5) is 12.2. The fourth-order valence-electron chi connectivity index (χ4n) is 2.98. The van der Waals surface area contributed by atoms with Gasteiger partial charge in [0.15, 0.2) is 0 Å². The van der Waals surface area contributed by atoms with Gasteiger partial charge in [0.05, 0.1) is 24.0 Å². The third-order valence-electron chi connectivity index (χ3n) is 4.79. The zero-order valence-electron chi connectivity index (χ0n) is 18.5. The lowest BCUT2D eigenvalue weighted by Crippen LogP contribution is -2.24. The van der Waals surface area contributed by atoms with Crippen molar-refractivity contribution in [1.82, 2.24) is 5.32 Å². The highest BCUT2D eigenvalue weighted by atomic mass is 32.2. The first-order valence-corrected chi connectivity index (χ1v) is 12.0. The summed E-state index contributed by atoms with van der Waals surface area (Å²) < 4.78 is 45.8. The molecule has 3 aromatic carbocycles. The van der Waals surface area contributed by atoms with Crippen LogP contribution in [-0.4, -0.2) is 20.4 Å². The number of ether oxygens (including phenoxy) is 1. The Labute approximate surface area is 193 Å². The Morgan fingerprint density at radius 3 is 2.06 bits per heavy atom. The van der Waals surface area contributed by atoms with Crippen molar-refractivity contribution in [3.63, 3.8) is 0 Å². The molecule has 0 aromatic heterocycles. The molecule has 3 rings (SSSR count). The van der Waals surface area contributed by atoms with Gasteiger partial charge in [-0.2, -0.15) is 0 Å². The molecule has 0 aliphatic heterocycles. The predicted molar refractivity (Wildman–Crippen MR) is 126 cm³/mol. The lowest BCUT2D eigenvalue weighted by atomic mass is 10.1. The van der Waals surface area contributed by atoms with Crippen LogP contribution >= 0.6 is 0 Å². The molecule has 0 spiro atoms. The smallest absolute Gasteiger partial charge is 0.261 e. The van der Waals surface area contributed by atoms with Gasteiger partial charge in [-0.1, -0.05) is 36.4 Å². The molecule has 0 saturated heterocycles. The number of carbonyl (C=O) groups excluding carboxylic acids is 1. The molecule has 8 heteroatoms. The molecule has 1 amide bonds. The van der Waals surface area contributed by atoms with Gasteiger partial charge in [-0.3, -0.25) is 9.52 Å². The summed E-state index contributed by atoms with van der Waals surface area (Å²) in [5.74, 6) is -0.647. The lowest BCUT2D eigenvalue weighted by molar-refractivity contribution is -0.120.